The molecule has 0 unspecified atom stereocenters. The molecule has 1 rings (SSSR count). The van der Waals surface area contributed by atoms with Crippen molar-refractivity contribution in [3.05, 3.63) is 29.8 Å². The van der Waals surface area contributed by atoms with Crippen LogP contribution in [-0.4, -0.2) is 25.2 Å². The fourth-order valence-corrected chi connectivity index (χ4v) is 1.62. The summed E-state index contributed by atoms with van der Waals surface area (Å²) in [5.41, 5.74) is 1.18. The van der Waals surface area contributed by atoms with Crippen LogP contribution in [0.1, 0.15) is 5.56 Å². The first-order chi connectivity index (χ1) is 7.86. The van der Waals surface area contributed by atoms with E-state index in [4.69, 9.17) is 10.00 Å². The smallest absolute Gasteiger partial charge is 0.174 e. The van der Waals surface area contributed by atoms with Gasteiger partial charge < -0.3 is 10.1 Å². The van der Waals surface area contributed by atoms with Crippen molar-refractivity contribution in [2.24, 2.45) is 0 Å². The Hall–Kier alpha value is -1.18. The van der Waals surface area contributed by atoms with Gasteiger partial charge >= 0.3 is 0 Å². The Bertz CT molecular complexity index is 349. The fourth-order valence-electron chi connectivity index (χ4n) is 1.27. The summed E-state index contributed by atoms with van der Waals surface area (Å²) in [6.45, 7) is 1.94. The van der Waals surface area contributed by atoms with Crippen LogP contribution in [-0.2, 0) is 6.54 Å². The van der Waals surface area contributed by atoms with E-state index in [1.165, 1.54) is 5.56 Å². The van der Waals surface area contributed by atoms with Gasteiger partial charge in [-0.05, 0) is 24.0 Å². The molecule has 0 heterocycles. The van der Waals surface area contributed by atoms with Crippen LogP contribution >= 0.6 is 11.8 Å². The van der Waals surface area contributed by atoms with Gasteiger partial charge in [0.25, 0.3) is 0 Å². The van der Waals surface area contributed by atoms with E-state index in [-0.39, 0.29) is 6.61 Å². The van der Waals surface area contributed by atoms with Crippen molar-refractivity contribution in [3.8, 4) is 11.8 Å². The SMILES string of the molecule is CSCCNCc1cccc(OCC#N)c1. The maximum absolute atomic E-state index is 8.41. The molecule has 0 amide bonds. The Kier molecular flexibility index (Phi) is 6.47. The molecule has 0 atom stereocenters. The topological polar surface area (TPSA) is 45.0 Å². The lowest BCUT2D eigenvalue weighted by Gasteiger charge is -2.06. The summed E-state index contributed by atoms with van der Waals surface area (Å²) in [6, 6.07) is 9.77. The van der Waals surface area contributed by atoms with Crippen molar-refractivity contribution < 1.29 is 4.74 Å². The molecule has 1 N–H and O–H groups in total. The molecule has 0 bridgehead atoms. The van der Waals surface area contributed by atoms with Gasteiger partial charge in [0.05, 0.1) is 0 Å². The molecule has 0 fully saturated rings. The molecule has 0 aliphatic heterocycles. The average molecular weight is 236 g/mol. The Balaban J connectivity index is 2.38. The van der Waals surface area contributed by atoms with Crippen molar-refractivity contribution in [2.75, 3.05) is 25.2 Å². The molecule has 0 spiro atoms. The minimum Gasteiger partial charge on any atom is -0.479 e. The van der Waals surface area contributed by atoms with Gasteiger partial charge in [0.1, 0.15) is 11.8 Å². The Morgan fingerprint density at radius 3 is 3.12 bits per heavy atom. The lowest BCUT2D eigenvalue weighted by atomic mass is 10.2. The van der Waals surface area contributed by atoms with E-state index in [2.05, 4.69) is 11.6 Å². The molecule has 4 heteroatoms. The first kappa shape index (κ1) is 12.9. The first-order valence-corrected chi connectivity index (χ1v) is 6.54. The van der Waals surface area contributed by atoms with Gasteiger partial charge in [-0.25, -0.2) is 0 Å². The molecular formula is C12H16N2OS. The third kappa shape index (κ3) is 5.06. The summed E-state index contributed by atoms with van der Waals surface area (Å²) >= 11 is 1.83. The van der Waals surface area contributed by atoms with Crippen LogP contribution in [0.2, 0.25) is 0 Å². The minimum absolute atomic E-state index is 0.101. The standard InChI is InChI=1S/C12H16N2OS/c1-16-8-6-14-10-11-3-2-4-12(9-11)15-7-5-13/h2-4,9,14H,6-8,10H2,1H3. The summed E-state index contributed by atoms with van der Waals surface area (Å²) in [5.74, 6) is 1.87. The molecule has 3 nitrogen and oxygen atoms in total. The third-order valence-corrected chi connectivity index (χ3v) is 2.63. The molecule has 0 saturated heterocycles. The Morgan fingerprint density at radius 2 is 2.38 bits per heavy atom. The molecular weight excluding hydrogens is 220 g/mol. The molecule has 1 aromatic carbocycles. The number of nitriles is 1. The third-order valence-electron chi connectivity index (χ3n) is 2.01. The highest BCUT2D eigenvalue weighted by atomic mass is 32.2. The minimum atomic E-state index is 0.101. The number of rotatable bonds is 7. The fraction of sp³-hybridized carbons (Fsp3) is 0.417. The van der Waals surface area contributed by atoms with Gasteiger partial charge in [-0.15, -0.1) is 0 Å². The van der Waals surface area contributed by atoms with Crippen molar-refractivity contribution in [1.29, 1.82) is 5.26 Å². The van der Waals surface area contributed by atoms with Gasteiger partial charge in [-0.2, -0.15) is 17.0 Å². The van der Waals surface area contributed by atoms with Gasteiger partial charge in [0.15, 0.2) is 6.61 Å². The van der Waals surface area contributed by atoms with Crippen LogP contribution in [0.25, 0.3) is 0 Å². The molecule has 0 aromatic heterocycles. The van der Waals surface area contributed by atoms with Crippen molar-refractivity contribution in [3.63, 3.8) is 0 Å². The number of nitrogens with zero attached hydrogens (tertiary/aromatic N) is 1. The highest BCUT2D eigenvalue weighted by Crippen LogP contribution is 2.12. The van der Waals surface area contributed by atoms with Crippen LogP contribution < -0.4 is 10.1 Å². The number of hydrogen-bond acceptors (Lipinski definition) is 4. The zero-order chi connectivity index (χ0) is 11.6. The average Bonchev–Trinajstić information content (AvgIpc) is 2.33. The zero-order valence-electron chi connectivity index (χ0n) is 9.40. The second kappa shape index (κ2) is 8.03. The number of benzene rings is 1. The molecule has 1 aromatic rings. The van der Waals surface area contributed by atoms with Crippen molar-refractivity contribution >= 4 is 11.8 Å². The second-order valence-corrected chi connectivity index (χ2v) is 4.25. The largest absolute Gasteiger partial charge is 0.479 e. The number of ether oxygens (including phenoxy) is 1. The summed E-state index contributed by atoms with van der Waals surface area (Å²) in [5, 5.41) is 11.8. The van der Waals surface area contributed by atoms with Gasteiger partial charge in [0, 0.05) is 18.8 Å². The van der Waals surface area contributed by atoms with E-state index in [0.717, 1.165) is 24.6 Å². The monoisotopic (exact) mass is 236 g/mol. The van der Waals surface area contributed by atoms with Crippen molar-refractivity contribution in [2.45, 2.75) is 6.54 Å². The van der Waals surface area contributed by atoms with Crippen LogP contribution in [0, 0.1) is 11.3 Å². The summed E-state index contributed by atoms with van der Waals surface area (Å²) in [6.07, 6.45) is 2.10. The molecule has 86 valence electrons. The van der Waals surface area contributed by atoms with E-state index < -0.39 is 0 Å². The van der Waals surface area contributed by atoms with Crippen molar-refractivity contribution in [1.82, 2.24) is 5.32 Å². The molecule has 0 aliphatic rings. The van der Waals surface area contributed by atoms with E-state index in [1.54, 1.807) is 0 Å². The second-order valence-electron chi connectivity index (χ2n) is 3.26. The summed E-state index contributed by atoms with van der Waals surface area (Å²) < 4.78 is 5.23. The van der Waals surface area contributed by atoms with Crippen LogP contribution in [0.4, 0.5) is 0 Å². The number of thioether (sulfide) groups is 1. The molecule has 0 aliphatic carbocycles. The zero-order valence-corrected chi connectivity index (χ0v) is 10.2. The van der Waals surface area contributed by atoms with Gasteiger partial charge in [-0.1, -0.05) is 12.1 Å². The van der Waals surface area contributed by atoms with Crippen LogP contribution in [0.5, 0.6) is 5.75 Å². The molecule has 0 radical (unpaired) electrons. The Labute approximate surface area is 101 Å². The van der Waals surface area contributed by atoms with E-state index in [9.17, 15) is 0 Å². The van der Waals surface area contributed by atoms with Crippen LogP contribution in [0.3, 0.4) is 0 Å². The Morgan fingerprint density at radius 1 is 1.50 bits per heavy atom. The van der Waals surface area contributed by atoms with Gasteiger partial charge in [0.2, 0.25) is 0 Å². The number of nitrogens with one attached hydrogen (secondary N) is 1. The lowest BCUT2D eigenvalue weighted by molar-refractivity contribution is 0.367. The summed E-state index contributed by atoms with van der Waals surface area (Å²) in [7, 11) is 0. The normalized spacial score (nSPS) is 9.75. The predicted molar refractivity (Wildman–Crippen MR) is 67.6 cm³/mol. The number of hydrogen-bond donors (Lipinski definition) is 1. The van der Waals surface area contributed by atoms with E-state index in [1.807, 2.05) is 42.1 Å². The predicted octanol–water partition coefficient (Wildman–Crippen LogP) is 2.04. The van der Waals surface area contributed by atoms with Crippen LogP contribution in [0.15, 0.2) is 24.3 Å². The first-order valence-electron chi connectivity index (χ1n) is 5.15. The van der Waals surface area contributed by atoms with Gasteiger partial charge in [-0.3, -0.25) is 0 Å². The molecule has 0 saturated carbocycles. The highest BCUT2D eigenvalue weighted by molar-refractivity contribution is 7.98. The maximum Gasteiger partial charge on any atom is 0.174 e. The molecule has 16 heavy (non-hydrogen) atoms. The van der Waals surface area contributed by atoms with E-state index in [0.29, 0.717) is 0 Å². The maximum atomic E-state index is 8.41. The highest BCUT2D eigenvalue weighted by Gasteiger charge is 1.96. The quantitative estimate of drug-likeness (QED) is 0.736. The van der Waals surface area contributed by atoms with E-state index >= 15 is 0 Å². The summed E-state index contributed by atoms with van der Waals surface area (Å²) in [4.78, 5) is 0. The lowest BCUT2D eigenvalue weighted by Crippen LogP contribution is -2.16.